The zero-order chi connectivity index (χ0) is 23.1. The van der Waals surface area contributed by atoms with Gasteiger partial charge in [0.15, 0.2) is 11.5 Å². The van der Waals surface area contributed by atoms with Crippen LogP contribution in [0.2, 0.25) is 10.0 Å². The summed E-state index contributed by atoms with van der Waals surface area (Å²) in [5.74, 6) is 0.870. The van der Waals surface area contributed by atoms with Gasteiger partial charge in [-0.1, -0.05) is 47.5 Å². The molecule has 166 valence electrons. The van der Waals surface area contributed by atoms with E-state index in [4.69, 9.17) is 32.7 Å². The average molecular weight is 583 g/mol. The van der Waals surface area contributed by atoms with Crippen LogP contribution in [0.1, 0.15) is 34.0 Å². The van der Waals surface area contributed by atoms with Gasteiger partial charge in [-0.3, -0.25) is 4.79 Å². The summed E-state index contributed by atoms with van der Waals surface area (Å²) in [5.41, 5.74) is 5.50. The van der Waals surface area contributed by atoms with Crippen molar-refractivity contribution in [2.45, 2.75) is 20.5 Å². The standard InChI is InChI=1S/C24H21Cl2IN2O3/c1-3-31-22-11-16(13-28-29-24(30)17-9-8-15(2)20(26)12-17)10-21(27)23(22)32-14-18-6-4-5-7-19(18)25/h4-13H,3,14H2,1-2H3,(H,29,30)/b28-13-. The maximum atomic E-state index is 12.3. The van der Waals surface area contributed by atoms with Crippen molar-refractivity contribution in [1.82, 2.24) is 5.43 Å². The molecule has 32 heavy (non-hydrogen) atoms. The Morgan fingerprint density at radius 2 is 1.88 bits per heavy atom. The fourth-order valence-electron chi connectivity index (χ4n) is 2.79. The van der Waals surface area contributed by atoms with Gasteiger partial charge < -0.3 is 9.47 Å². The number of amides is 1. The largest absolute Gasteiger partial charge is 0.490 e. The van der Waals surface area contributed by atoms with Crippen molar-refractivity contribution >= 4 is 57.9 Å². The Morgan fingerprint density at radius 3 is 2.59 bits per heavy atom. The quantitative estimate of drug-likeness (QED) is 0.184. The number of carbonyl (C=O) groups is 1. The first-order chi connectivity index (χ1) is 15.4. The molecular formula is C24H21Cl2IN2O3. The predicted molar refractivity (Wildman–Crippen MR) is 137 cm³/mol. The van der Waals surface area contributed by atoms with Crippen molar-refractivity contribution in [3.8, 4) is 11.5 Å². The van der Waals surface area contributed by atoms with Gasteiger partial charge >= 0.3 is 0 Å². The van der Waals surface area contributed by atoms with Gasteiger partial charge in [-0.15, -0.1) is 0 Å². The maximum absolute atomic E-state index is 12.3. The summed E-state index contributed by atoms with van der Waals surface area (Å²) in [6, 6.07) is 16.3. The first kappa shape index (κ1) is 24.4. The van der Waals surface area contributed by atoms with Gasteiger partial charge in [0.2, 0.25) is 0 Å². The lowest BCUT2D eigenvalue weighted by molar-refractivity contribution is 0.0955. The summed E-state index contributed by atoms with van der Waals surface area (Å²) >= 11 is 14.5. The predicted octanol–water partition coefficient (Wildman–Crippen LogP) is 6.65. The molecule has 3 aromatic carbocycles. The van der Waals surface area contributed by atoms with Gasteiger partial charge in [0, 0.05) is 21.2 Å². The summed E-state index contributed by atoms with van der Waals surface area (Å²) < 4.78 is 12.6. The van der Waals surface area contributed by atoms with E-state index >= 15 is 0 Å². The fraction of sp³-hybridized carbons (Fsp3) is 0.167. The van der Waals surface area contributed by atoms with Crippen LogP contribution >= 0.6 is 45.8 Å². The number of rotatable bonds is 8. The second kappa shape index (κ2) is 11.5. The van der Waals surface area contributed by atoms with Crippen LogP contribution in [-0.4, -0.2) is 18.7 Å². The third kappa shape index (κ3) is 6.37. The summed E-state index contributed by atoms with van der Waals surface area (Å²) in [6.45, 7) is 4.57. The molecule has 0 saturated carbocycles. The Hall–Kier alpha value is -2.29. The highest BCUT2D eigenvalue weighted by Gasteiger charge is 2.13. The van der Waals surface area contributed by atoms with Crippen molar-refractivity contribution in [2.24, 2.45) is 5.10 Å². The van der Waals surface area contributed by atoms with E-state index in [1.807, 2.05) is 50.2 Å². The number of nitrogens with one attached hydrogen (secondary N) is 1. The minimum Gasteiger partial charge on any atom is -0.490 e. The van der Waals surface area contributed by atoms with Crippen LogP contribution in [-0.2, 0) is 6.61 Å². The van der Waals surface area contributed by atoms with Crippen LogP contribution in [0.5, 0.6) is 11.5 Å². The molecule has 0 bridgehead atoms. The molecule has 0 radical (unpaired) electrons. The molecule has 8 heteroatoms. The van der Waals surface area contributed by atoms with Gasteiger partial charge in [-0.05, 0) is 77.9 Å². The number of ether oxygens (including phenoxy) is 2. The van der Waals surface area contributed by atoms with Crippen molar-refractivity contribution in [2.75, 3.05) is 6.61 Å². The highest BCUT2D eigenvalue weighted by Crippen LogP contribution is 2.35. The van der Waals surface area contributed by atoms with Crippen LogP contribution in [0.15, 0.2) is 59.7 Å². The van der Waals surface area contributed by atoms with Gasteiger partial charge in [0.05, 0.1) is 16.4 Å². The first-order valence-corrected chi connectivity index (χ1v) is 11.6. The van der Waals surface area contributed by atoms with Crippen LogP contribution in [0, 0.1) is 10.5 Å². The Morgan fingerprint density at radius 1 is 1.09 bits per heavy atom. The minimum absolute atomic E-state index is 0.318. The van der Waals surface area contributed by atoms with E-state index in [2.05, 4.69) is 33.1 Å². The Labute approximate surface area is 210 Å². The van der Waals surface area contributed by atoms with Crippen molar-refractivity contribution in [3.05, 3.63) is 90.5 Å². The normalized spacial score (nSPS) is 10.9. The number of hydrazone groups is 1. The number of carbonyl (C=O) groups excluding carboxylic acids is 1. The lowest BCUT2D eigenvalue weighted by Crippen LogP contribution is -2.17. The molecule has 1 N–H and O–H groups in total. The first-order valence-electron chi connectivity index (χ1n) is 9.81. The molecule has 5 nitrogen and oxygen atoms in total. The second-order valence-electron chi connectivity index (χ2n) is 6.81. The van der Waals surface area contributed by atoms with Crippen LogP contribution in [0.3, 0.4) is 0 Å². The second-order valence-corrected chi connectivity index (χ2v) is 8.78. The molecule has 0 unspecified atom stereocenters. The molecule has 0 spiro atoms. The summed E-state index contributed by atoms with van der Waals surface area (Å²) in [6.07, 6.45) is 1.55. The molecule has 0 fully saturated rings. The third-order valence-corrected chi connectivity index (χ3v) is 6.05. The Balaban J connectivity index is 1.73. The summed E-state index contributed by atoms with van der Waals surface area (Å²) in [5, 5.41) is 5.24. The summed E-state index contributed by atoms with van der Waals surface area (Å²) in [7, 11) is 0. The van der Waals surface area contributed by atoms with Crippen LogP contribution < -0.4 is 14.9 Å². The maximum Gasteiger partial charge on any atom is 0.271 e. The monoisotopic (exact) mass is 582 g/mol. The molecule has 0 aliphatic rings. The van der Waals surface area contributed by atoms with E-state index in [0.29, 0.717) is 40.3 Å². The Kier molecular flexibility index (Phi) is 8.78. The highest BCUT2D eigenvalue weighted by atomic mass is 127. The average Bonchev–Trinajstić information content (AvgIpc) is 2.76. The minimum atomic E-state index is -0.345. The van der Waals surface area contributed by atoms with E-state index in [9.17, 15) is 4.79 Å². The van der Waals surface area contributed by atoms with E-state index in [-0.39, 0.29) is 5.91 Å². The molecule has 0 saturated heterocycles. The van der Waals surface area contributed by atoms with E-state index in [1.54, 1.807) is 24.4 Å². The molecule has 1 amide bonds. The van der Waals surface area contributed by atoms with E-state index in [0.717, 1.165) is 20.3 Å². The third-order valence-electron chi connectivity index (χ3n) is 4.48. The number of aryl methyl sites for hydroxylation is 1. The SMILES string of the molecule is CCOc1cc(/C=N\NC(=O)c2ccc(C)c(Cl)c2)cc(I)c1OCc1ccccc1Cl. The van der Waals surface area contributed by atoms with Gasteiger partial charge in [0.1, 0.15) is 6.61 Å². The summed E-state index contributed by atoms with van der Waals surface area (Å²) in [4.78, 5) is 12.3. The topological polar surface area (TPSA) is 59.9 Å². The molecule has 0 aliphatic carbocycles. The zero-order valence-corrected chi connectivity index (χ0v) is 21.2. The number of hydrogen-bond acceptors (Lipinski definition) is 4. The molecule has 0 aromatic heterocycles. The van der Waals surface area contributed by atoms with Gasteiger partial charge in [-0.25, -0.2) is 5.43 Å². The number of benzene rings is 3. The smallest absolute Gasteiger partial charge is 0.271 e. The van der Waals surface area contributed by atoms with Gasteiger partial charge in [-0.2, -0.15) is 5.10 Å². The van der Waals surface area contributed by atoms with Gasteiger partial charge in [0.25, 0.3) is 5.91 Å². The molecule has 3 aromatic rings. The van der Waals surface area contributed by atoms with Crippen molar-refractivity contribution < 1.29 is 14.3 Å². The zero-order valence-electron chi connectivity index (χ0n) is 17.5. The van der Waals surface area contributed by atoms with Crippen LogP contribution in [0.4, 0.5) is 0 Å². The fourth-order valence-corrected chi connectivity index (χ4v) is 3.95. The van der Waals surface area contributed by atoms with Crippen LogP contribution in [0.25, 0.3) is 0 Å². The highest BCUT2D eigenvalue weighted by molar-refractivity contribution is 14.1. The lowest BCUT2D eigenvalue weighted by atomic mass is 10.1. The van der Waals surface area contributed by atoms with Crippen molar-refractivity contribution in [1.29, 1.82) is 0 Å². The number of nitrogens with zero attached hydrogens (tertiary/aromatic N) is 1. The molecule has 0 heterocycles. The number of hydrogen-bond donors (Lipinski definition) is 1. The molecule has 0 atom stereocenters. The number of halogens is 3. The van der Waals surface area contributed by atoms with E-state index < -0.39 is 0 Å². The Bertz CT molecular complexity index is 1150. The lowest BCUT2D eigenvalue weighted by Gasteiger charge is -2.15. The molecular weight excluding hydrogens is 562 g/mol. The molecule has 0 aliphatic heterocycles. The van der Waals surface area contributed by atoms with Crippen molar-refractivity contribution in [3.63, 3.8) is 0 Å². The van der Waals surface area contributed by atoms with E-state index in [1.165, 1.54) is 0 Å². The molecule has 3 rings (SSSR count).